The summed E-state index contributed by atoms with van der Waals surface area (Å²) < 4.78 is 12.6. The summed E-state index contributed by atoms with van der Waals surface area (Å²) in [6, 6.07) is 0. The monoisotopic (exact) mass is 175 g/mol. The van der Waals surface area contributed by atoms with E-state index in [-0.39, 0.29) is 17.7 Å². The third-order valence-corrected chi connectivity index (χ3v) is 1.52. The third-order valence-electron chi connectivity index (χ3n) is 1.52. The molecule has 5 nitrogen and oxygen atoms in total. The number of carboxylic acid groups (broad SMARTS) is 1. The van der Waals surface area contributed by atoms with Crippen LogP contribution in [0.1, 0.15) is 12.8 Å². The van der Waals surface area contributed by atoms with Gasteiger partial charge in [-0.3, -0.25) is 9.59 Å². The third kappa shape index (κ3) is 1.27. The fraction of sp³-hybridized carbons (Fsp3) is 0.500. The number of carbonyl (C=O) groups excluding carboxylic acids is 2. The predicted molar refractivity (Wildman–Crippen MR) is 33.6 cm³/mol. The van der Waals surface area contributed by atoms with Crippen LogP contribution in [0.3, 0.4) is 0 Å². The van der Waals surface area contributed by atoms with Gasteiger partial charge in [0.1, 0.15) is 0 Å². The highest BCUT2D eigenvalue weighted by Gasteiger charge is 2.38. The van der Waals surface area contributed by atoms with Crippen LogP contribution < -0.4 is 0 Å². The van der Waals surface area contributed by atoms with Crippen LogP contribution in [0, 0.1) is 0 Å². The molecule has 1 N–H and O–H groups in total. The number of nitrogens with zero attached hydrogens (tertiary/aromatic N) is 1. The summed E-state index contributed by atoms with van der Waals surface area (Å²) in [5, 5.41) is 8.16. The Balaban J connectivity index is 2.79. The fourth-order valence-corrected chi connectivity index (χ4v) is 0.957. The van der Waals surface area contributed by atoms with Crippen molar-refractivity contribution in [3.8, 4) is 0 Å². The molecule has 0 radical (unpaired) electrons. The van der Waals surface area contributed by atoms with E-state index < -0.39 is 24.1 Å². The van der Waals surface area contributed by atoms with Crippen molar-refractivity contribution in [3.05, 3.63) is 0 Å². The molecule has 6 heteroatoms. The van der Waals surface area contributed by atoms with Crippen molar-refractivity contribution in [1.82, 2.24) is 4.90 Å². The molecule has 0 aromatic rings. The molecule has 66 valence electrons. The molecular formula is C6H6FNO4. The lowest BCUT2D eigenvalue weighted by Crippen LogP contribution is -2.41. The van der Waals surface area contributed by atoms with Crippen molar-refractivity contribution in [2.45, 2.75) is 19.1 Å². The van der Waals surface area contributed by atoms with E-state index in [1.807, 2.05) is 0 Å². The first kappa shape index (κ1) is 8.63. The normalized spacial score (nSPS) is 19.9. The van der Waals surface area contributed by atoms with Gasteiger partial charge in [0, 0.05) is 12.8 Å². The van der Waals surface area contributed by atoms with Gasteiger partial charge >= 0.3 is 5.97 Å². The van der Waals surface area contributed by atoms with Crippen LogP contribution in [0.5, 0.6) is 0 Å². The minimum Gasteiger partial charge on any atom is -0.478 e. The quantitative estimate of drug-likeness (QED) is 0.454. The van der Waals surface area contributed by atoms with Crippen molar-refractivity contribution >= 4 is 17.8 Å². The van der Waals surface area contributed by atoms with Crippen LogP contribution in [0.4, 0.5) is 4.39 Å². The van der Waals surface area contributed by atoms with Gasteiger partial charge in [0.05, 0.1) is 0 Å². The van der Waals surface area contributed by atoms with Gasteiger partial charge in [-0.25, -0.2) is 14.1 Å². The number of carboxylic acids is 1. The number of amides is 2. The van der Waals surface area contributed by atoms with Gasteiger partial charge in [0.15, 0.2) is 0 Å². The second-order valence-corrected chi connectivity index (χ2v) is 2.33. The van der Waals surface area contributed by atoms with Crippen molar-refractivity contribution in [1.29, 1.82) is 0 Å². The molecule has 1 aliphatic heterocycles. The van der Waals surface area contributed by atoms with Gasteiger partial charge in [-0.15, -0.1) is 0 Å². The average molecular weight is 175 g/mol. The number of alkyl halides is 1. The maximum atomic E-state index is 12.6. The molecule has 1 saturated heterocycles. The van der Waals surface area contributed by atoms with Crippen LogP contribution in [-0.4, -0.2) is 34.1 Å². The Hall–Kier alpha value is -1.46. The first-order valence-corrected chi connectivity index (χ1v) is 3.26. The summed E-state index contributed by atoms with van der Waals surface area (Å²) in [5.74, 6) is -3.36. The maximum Gasteiger partial charge on any atom is 0.360 e. The Labute approximate surface area is 66.8 Å². The highest BCUT2D eigenvalue weighted by molar-refractivity contribution is 6.04. The molecule has 1 unspecified atom stereocenters. The number of rotatable bonds is 2. The van der Waals surface area contributed by atoms with Crippen molar-refractivity contribution in [3.63, 3.8) is 0 Å². The van der Waals surface area contributed by atoms with Crippen LogP contribution >= 0.6 is 0 Å². The first-order valence-electron chi connectivity index (χ1n) is 3.26. The summed E-state index contributed by atoms with van der Waals surface area (Å²) in [6.45, 7) is 0. The van der Waals surface area contributed by atoms with E-state index in [2.05, 4.69) is 0 Å². The summed E-state index contributed by atoms with van der Waals surface area (Å²) in [6.07, 6.45) is -2.74. The molecule has 0 aromatic heterocycles. The van der Waals surface area contributed by atoms with Gasteiger partial charge in [0.2, 0.25) is 11.8 Å². The Morgan fingerprint density at radius 1 is 1.42 bits per heavy atom. The van der Waals surface area contributed by atoms with E-state index in [0.717, 1.165) is 0 Å². The lowest BCUT2D eigenvalue weighted by atomic mass is 10.4. The zero-order valence-electron chi connectivity index (χ0n) is 5.99. The van der Waals surface area contributed by atoms with Gasteiger partial charge in [-0.2, -0.15) is 0 Å². The van der Waals surface area contributed by atoms with Gasteiger partial charge in [-0.1, -0.05) is 0 Å². The minimum absolute atomic E-state index is 0.105. The molecule has 0 spiro atoms. The first-order chi connectivity index (χ1) is 5.54. The summed E-state index contributed by atoms with van der Waals surface area (Å²) in [4.78, 5) is 31.7. The number of likely N-dealkylation sites (tertiary alicyclic amines) is 1. The highest BCUT2D eigenvalue weighted by Crippen LogP contribution is 2.15. The standard InChI is InChI=1S/C6H6FNO4/c7-5(6(11)12)8-3(9)1-2-4(8)10/h5H,1-2H2,(H,11,12). The van der Waals surface area contributed by atoms with E-state index in [9.17, 15) is 18.8 Å². The average Bonchev–Trinajstić information content (AvgIpc) is 2.30. The summed E-state index contributed by atoms with van der Waals surface area (Å²) in [5.41, 5.74) is 0. The second-order valence-electron chi connectivity index (χ2n) is 2.33. The van der Waals surface area contributed by atoms with E-state index in [1.54, 1.807) is 0 Å². The number of hydrogen-bond donors (Lipinski definition) is 1. The zero-order valence-corrected chi connectivity index (χ0v) is 5.99. The lowest BCUT2D eigenvalue weighted by molar-refractivity contribution is -0.161. The SMILES string of the molecule is O=C(O)C(F)N1C(=O)CCC1=O. The molecule has 0 saturated carbocycles. The van der Waals surface area contributed by atoms with E-state index >= 15 is 0 Å². The van der Waals surface area contributed by atoms with Crippen LogP contribution in [0.2, 0.25) is 0 Å². The van der Waals surface area contributed by atoms with Gasteiger partial charge < -0.3 is 5.11 Å². The minimum atomic E-state index is -2.53. The molecule has 1 atom stereocenters. The van der Waals surface area contributed by atoms with Crippen molar-refractivity contribution in [2.24, 2.45) is 0 Å². The Bertz CT molecular complexity index is 236. The number of carbonyl (C=O) groups is 3. The smallest absolute Gasteiger partial charge is 0.360 e. The second kappa shape index (κ2) is 2.88. The molecule has 0 aromatic carbocycles. The molecule has 0 aliphatic carbocycles. The summed E-state index contributed by atoms with van der Waals surface area (Å²) in [7, 11) is 0. The van der Waals surface area contributed by atoms with E-state index in [4.69, 9.17) is 5.11 Å². The number of aliphatic carboxylic acids is 1. The van der Waals surface area contributed by atoms with Crippen LogP contribution in [0.25, 0.3) is 0 Å². The topological polar surface area (TPSA) is 74.7 Å². The Morgan fingerprint density at radius 3 is 2.17 bits per heavy atom. The van der Waals surface area contributed by atoms with Crippen LogP contribution in [0.15, 0.2) is 0 Å². The molecule has 1 heterocycles. The molecule has 1 fully saturated rings. The molecule has 12 heavy (non-hydrogen) atoms. The predicted octanol–water partition coefficient (Wildman–Crippen LogP) is -0.484. The number of hydrogen-bond acceptors (Lipinski definition) is 3. The number of imide groups is 1. The lowest BCUT2D eigenvalue weighted by Gasteiger charge is -2.14. The van der Waals surface area contributed by atoms with E-state index in [1.165, 1.54) is 0 Å². The zero-order chi connectivity index (χ0) is 9.30. The number of halogens is 1. The van der Waals surface area contributed by atoms with E-state index in [0.29, 0.717) is 0 Å². The van der Waals surface area contributed by atoms with Crippen LogP contribution in [-0.2, 0) is 14.4 Å². The molecule has 1 aliphatic rings. The molecular weight excluding hydrogens is 169 g/mol. The highest BCUT2D eigenvalue weighted by atomic mass is 19.1. The molecule has 2 amide bonds. The van der Waals surface area contributed by atoms with Gasteiger partial charge in [0.25, 0.3) is 6.30 Å². The summed E-state index contributed by atoms with van der Waals surface area (Å²) >= 11 is 0. The van der Waals surface area contributed by atoms with Crippen molar-refractivity contribution < 1.29 is 23.9 Å². The van der Waals surface area contributed by atoms with Crippen molar-refractivity contribution in [2.75, 3.05) is 0 Å². The largest absolute Gasteiger partial charge is 0.478 e. The fourth-order valence-electron chi connectivity index (χ4n) is 0.957. The Morgan fingerprint density at radius 2 is 1.83 bits per heavy atom. The molecule has 1 rings (SSSR count). The maximum absolute atomic E-state index is 12.6. The van der Waals surface area contributed by atoms with Gasteiger partial charge in [-0.05, 0) is 0 Å². The Kier molecular flexibility index (Phi) is 2.07. The molecule has 0 bridgehead atoms.